The molecule has 15 heteroatoms. The molecule has 3 N–H and O–H groups in total. The van der Waals surface area contributed by atoms with Crippen LogP contribution in [0.5, 0.6) is 0 Å². The standard InChI is InChI=1S/C55H79NO14/c1-25-27-14-34(45(15-27)53(65)70-55(3,4)5)30(25)20-32-29-17-36(44(19-29)51(63)68-13-11-57)37(32)22-33-28-16-35(43(18-28)48(58)59)38(33)23-40-39(21-31-26(2)50(62)69-52(31)64)42-24-41(40)46(49(60)61)47(42)54(66)67-12-10-56-8-6-7-9-56/h25-47,57H,6-24H2,1-5H3,(H,58,59)(H,60,61). The Balaban J connectivity index is 0.943. The zero-order chi connectivity index (χ0) is 49.7. The van der Waals surface area contributed by atoms with Gasteiger partial charge in [-0.15, -0.1) is 0 Å². The van der Waals surface area contributed by atoms with Gasteiger partial charge in [0.05, 0.1) is 48.0 Å². The van der Waals surface area contributed by atoms with Crippen LogP contribution in [0.25, 0.3) is 0 Å². The molecule has 23 atom stereocenters. The Hall–Kier alpha value is -3.59. The topological polar surface area (TPSA) is 220 Å². The Labute approximate surface area is 412 Å². The van der Waals surface area contributed by atoms with Gasteiger partial charge in [0, 0.05) is 6.54 Å². The van der Waals surface area contributed by atoms with Gasteiger partial charge in [-0.3, -0.25) is 38.5 Å². The summed E-state index contributed by atoms with van der Waals surface area (Å²) < 4.78 is 22.7. The van der Waals surface area contributed by atoms with E-state index in [2.05, 4.69) is 11.8 Å². The number of carbonyl (C=O) groups excluding carboxylic acids is 5. The van der Waals surface area contributed by atoms with Crippen molar-refractivity contribution in [3.05, 3.63) is 0 Å². The van der Waals surface area contributed by atoms with Gasteiger partial charge in [0.1, 0.15) is 18.8 Å². The van der Waals surface area contributed by atoms with Crippen molar-refractivity contribution in [2.75, 3.05) is 39.5 Å². The summed E-state index contributed by atoms with van der Waals surface area (Å²) in [6.45, 7) is 12.1. The molecular weight excluding hydrogens is 899 g/mol. The summed E-state index contributed by atoms with van der Waals surface area (Å²) in [6.07, 6.45) is 10.2. The Morgan fingerprint density at radius 2 is 1.11 bits per heavy atom. The van der Waals surface area contributed by atoms with Gasteiger partial charge in [-0.1, -0.05) is 13.8 Å². The zero-order valence-corrected chi connectivity index (χ0v) is 42.0. The normalized spacial score (nSPS) is 45.5. The van der Waals surface area contributed by atoms with Gasteiger partial charge in [-0.05, 0) is 212 Å². The van der Waals surface area contributed by atoms with Gasteiger partial charge in [-0.2, -0.15) is 0 Å². The van der Waals surface area contributed by atoms with Crippen molar-refractivity contribution in [2.45, 2.75) is 124 Å². The second kappa shape index (κ2) is 19.4. The van der Waals surface area contributed by atoms with Crippen molar-refractivity contribution in [3.8, 4) is 0 Å². The van der Waals surface area contributed by atoms with Crippen LogP contribution in [0.1, 0.15) is 118 Å². The lowest BCUT2D eigenvalue weighted by Crippen LogP contribution is -2.46. The molecule has 15 nitrogen and oxygen atoms in total. The first-order chi connectivity index (χ1) is 33.3. The van der Waals surface area contributed by atoms with Crippen LogP contribution >= 0.6 is 0 Å². The highest BCUT2D eigenvalue weighted by Gasteiger charge is 2.67. The largest absolute Gasteiger partial charge is 0.481 e. The number of carbonyl (C=O) groups is 7. The maximum Gasteiger partial charge on any atom is 0.317 e. The van der Waals surface area contributed by atoms with Gasteiger partial charge in [-0.25, -0.2) is 0 Å². The fourth-order valence-corrected chi connectivity index (χ4v) is 18.8. The van der Waals surface area contributed by atoms with Crippen LogP contribution in [0, 0.1) is 136 Å². The molecule has 8 saturated carbocycles. The smallest absolute Gasteiger partial charge is 0.317 e. The molecule has 0 spiro atoms. The van der Waals surface area contributed by atoms with Crippen LogP contribution in [0.2, 0.25) is 0 Å². The van der Waals surface area contributed by atoms with Crippen molar-refractivity contribution in [1.82, 2.24) is 4.90 Å². The first-order valence-electron chi connectivity index (χ1n) is 27.4. The van der Waals surface area contributed by atoms with E-state index in [-0.39, 0.29) is 109 Å². The Morgan fingerprint density at radius 3 is 1.71 bits per heavy atom. The molecule has 0 radical (unpaired) electrons. The molecule has 70 heavy (non-hydrogen) atoms. The summed E-state index contributed by atoms with van der Waals surface area (Å²) in [6, 6.07) is 0. The lowest BCUT2D eigenvalue weighted by atomic mass is 9.58. The van der Waals surface area contributed by atoms with Crippen LogP contribution in [0.15, 0.2) is 0 Å². The molecule has 2 saturated heterocycles. The van der Waals surface area contributed by atoms with E-state index >= 15 is 0 Å². The number of aliphatic hydroxyl groups excluding tert-OH is 1. The minimum absolute atomic E-state index is 0.0503. The van der Waals surface area contributed by atoms with Gasteiger partial charge in [0.15, 0.2) is 0 Å². The molecular formula is C55H79NO14. The highest BCUT2D eigenvalue weighted by molar-refractivity contribution is 5.96. The molecule has 0 aromatic heterocycles. The third-order valence-electron chi connectivity index (χ3n) is 21.5. The molecule has 2 heterocycles. The SMILES string of the molecule is CC1C(=O)OC(=O)C1CC1C(CC2C(CC3C(CC4C(C)C5CC(C(=O)OC(C)(C)C)C4C5)C4CC(C(=O)OCCO)C3C4)C3CC(C(=O)O)C2C3)C2CC1C(C(=O)OCCN1CCCC1)C2C(=O)O. The van der Waals surface area contributed by atoms with E-state index in [0.29, 0.717) is 55.4 Å². The van der Waals surface area contributed by atoms with Crippen molar-refractivity contribution in [3.63, 3.8) is 0 Å². The van der Waals surface area contributed by atoms with Gasteiger partial charge in [0.25, 0.3) is 0 Å². The van der Waals surface area contributed by atoms with E-state index in [1.165, 1.54) is 0 Å². The number of likely N-dealkylation sites (tertiary alicyclic amines) is 1. The van der Waals surface area contributed by atoms with Gasteiger partial charge >= 0.3 is 41.8 Å². The van der Waals surface area contributed by atoms with E-state index < -0.39 is 71.0 Å². The van der Waals surface area contributed by atoms with Crippen molar-refractivity contribution in [1.29, 1.82) is 0 Å². The maximum atomic E-state index is 14.1. The minimum atomic E-state index is -1.04. The second-order valence-corrected chi connectivity index (χ2v) is 25.5. The number of nitrogens with zero attached hydrogens (tertiary/aromatic N) is 1. The Bertz CT molecular complexity index is 2060. The maximum absolute atomic E-state index is 14.1. The summed E-state index contributed by atoms with van der Waals surface area (Å²) >= 11 is 0. The molecule has 10 fully saturated rings. The third-order valence-corrected chi connectivity index (χ3v) is 21.5. The number of cyclic esters (lactones) is 2. The molecule has 2 aliphatic heterocycles. The van der Waals surface area contributed by atoms with E-state index in [0.717, 1.165) is 70.9 Å². The van der Waals surface area contributed by atoms with Crippen molar-refractivity contribution < 1.29 is 67.8 Å². The Morgan fingerprint density at radius 1 is 0.586 bits per heavy atom. The molecule has 0 aromatic rings. The van der Waals surface area contributed by atoms with E-state index in [1.807, 2.05) is 20.8 Å². The van der Waals surface area contributed by atoms with Crippen molar-refractivity contribution in [2.24, 2.45) is 136 Å². The molecule has 10 rings (SSSR count). The van der Waals surface area contributed by atoms with Gasteiger partial charge in [0.2, 0.25) is 0 Å². The number of hydrogen-bond acceptors (Lipinski definition) is 13. The lowest BCUT2D eigenvalue weighted by molar-refractivity contribution is -0.164. The van der Waals surface area contributed by atoms with Gasteiger partial charge < -0.3 is 34.3 Å². The zero-order valence-electron chi connectivity index (χ0n) is 42.0. The molecule has 0 aromatic carbocycles. The van der Waals surface area contributed by atoms with E-state index in [1.54, 1.807) is 6.92 Å². The summed E-state index contributed by atoms with van der Waals surface area (Å²) in [7, 11) is 0. The monoisotopic (exact) mass is 978 g/mol. The van der Waals surface area contributed by atoms with E-state index in [9.17, 15) is 48.9 Å². The van der Waals surface area contributed by atoms with Crippen molar-refractivity contribution >= 4 is 41.8 Å². The predicted molar refractivity (Wildman–Crippen MR) is 249 cm³/mol. The quantitative estimate of drug-likeness (QED) is 0.0772. The lowest BCUT2D eigenvalue weighted by Gasteiger charge is -2.45. The van der Waals surface area contributed by atoms with Crippen LogP contribution in [-0.2, 0) is 52.5 Å². The predicted octanol–water partition coefficient (Wildman–Crippen LogP) is 6.37. The third kappa shape index (κ3) is 8.92. The average molecular weight is 978 g/mol. The highest BCUT2D eigenvalue weighted by atomic mass is 16.6. The fourth-order valence-electron chi connectivity index (χ4n) is 18.8. The average Bonchev–Trinajstić information content (AvgIpc) is 4.16. The number of carboxylic acids is 2. The number of aliphatic hydroxyl groups is 1. The molecule has 10 aliphatic rings. The first kappa shape index (κ1) is 50.0. The highest BCUT2D eigenvalue weighted by Crippen LogP contribution is 2.69. The number of fused-ring (bicyclic) bond motifs is 8. The minimum Gasteiger partial charge on any atom is -0.481 e. The van der Waals surface area contributed by atoms with Crippen LogP contribution in [0.4, 0.5) is 0 Å². The summed E-state index contributed by atoms with van der Waals surface area (Å²) in [5, 5.41) is 31.3. The molecule has 0 amide bonds. The number of rotatable bonds is 18. The summed E-state index contributed by atoms with van der Waals surface area (Å²) in [5.41, 5.74) is -0.570. The summed E-state index contributed by atoms with van der Waals surface area (Å²) in [4.78, 5) is 96.4. The number of esters is 5. The second-order valence-electron chi connectivity index (χ2n) is 25.5. The molecule has 388 valence electrons. The van der Waals surface area contributed by atoms with Crippen LogP contribution in [-0.4, -0.2) is 107 Å². The first-order valence-corrected chi connectivity index (χ1v) is 27.4. The number of aliphatic carboxylic acids is 2. The number of hydrogen-bond donors (Lipinski definition) is 3. The number of carboxylic acid groups (broad SMARTS) is 2. The number of ether oxygens (including phenoxy) is 4. The molecule has 8 bridgehead atoms. The molecule has 23 unspecified atom stereocenters. The van der Waals surface area contributed by atoms with Crippen LogP contribution in [0.3, 0.4) is 0 Å². The van der Waals surface area contributed by atoms with E-state index in [4.69, 9.17) is 18.9 Å². The Kier molecular flexibility index (Phi) is 13.8. The molecule has 8 aliphatic carbocycles. The summed E-state index contributed by atoms with van der Waals surface area (Å²) in [5.74, 6) is -6.96. The fraction of sp³-hybridized carbons (Fsp3) is 0.873. The van der Waals surface area contributed by atoms with Crippen LogP contribution < -0.4 is 0 Å².